The van der Waals surface area contributed by atoms with Crippen molar-refractivity contribution < 1.29 is 9.53 Å². The predicted octanol–water partition coefficient (Wildman–Crippen LogP) is -0.989. The maximum atomic E-state index is 10.4. The average Bonchev–Trinajstić information content (AvgIpc) is 1.84. The summed E-state index contributed by atoms with van der Waals surface area (Å²) in [7, 11) is 1.44. The summed E-state index contributed by atoms with van der Waals surface area (Å²) in [6.07, 6.45) is -0.458. The third-order valence-corrected chi connectivity index (χ3v) is 0.865. The Balaban J connectivity index is 3.46. The van der Waals surface area contributed by atoms with Crippen molar-refractivity contribution in [3.8, 4) is 0 Å². The molecule has 4 nitrogen and oxygen atoms in total. The number of ether oxygens (including phenoxy) is 1. The van der Waals surface area contributed by atoms with Gasteiger partial charge in [-0.3, -0.25) is 10.2 Å². The average molecular weight is 118 g/mol. The van der Waals surface area contributed by atoms with Crippen LogP contribution in [0.4, 0.5) is 0 Å². The highest BCUT2D eigenvalue weighted by Crippen LogP contribution is 1.83. The molecule has 0 aromatic carbocycles. The molecule has 0 unspecified atom stereocenters. The minimum atomic E-state index is -0.458. The van der Waals surface area contributed by atoms with E-state index in [1.807, 2.05) is 5.43 Å². The molecule has 0 radical (unpaired) electrons. The van der Waals surface area contributed by atoms with Crippen molar-refractivity contribution in [2.45, 2.75) is 13.0 Å². The second-order valence-electron chi connectivity index (χ2n) is 1.39. The predicted molar refractivity (Wildman–Crippen MR) is 28.8 cm³/mol. The van der Waals surface area contributed by atoms with Gasteiger partial charge in [-0.05, 0) is 6.92 Å². The van der Waals surface area contributed by atoms with Crippen LogP contribution in [0.2, 0.25) is 0 Å². The molecular weight excluding hydrogens is 108 g/mol. The molecule has 4 heteroatoms. The summed E-state index contributed by atoms with van der Waals surface area (Å²) in [5.41, 5.74) is 1.95. The van der Waals surface area contributed by atoms with Gasteiger partial charge in [0.2, 0.25) is 0 Å². The van der Waals surface area contributed by atoms with E-state index in [0.717, 1.165) is 0 Å². The number of amides is 1. The molecule has 0 fully saturated rings. The van der Waals surface area contributed by atoms with Crippen molar-refractivity contribution in [1.82, 2.24) is 5.43 Å². The van der Waals surface area contributed by atoms with E-state index in [-0.39, 0.29) is 5.91 Å². The number of carbonyl (C=O) groups excluding carboxylic acids is 1. The molecule has 0 rings (SSSR count). The Kier molecular flexibility index (Phi) is 3.14. The first-order valence-corrected chi connectivity index (χ1v) is 2.25. The van der Waals surface area contributed by atoms with Crippen molar-refractivity contribution >= 4 is 5.91 Å². The Morgan fingerprint density at radius 1 is 1.88 bits per heavy atom. The van der Waals surface area contributed by atoms with Gasteiger partial charge < -0.3 is 4.74 Å². The number of carbonyl (C=O) groups is 1. The third-order valence-electron chi connectivity index (χ3n) is 0.865. The van der Waals surface area contributed by atoms with Crippen LogP contribution < -0.4 is 11.3 Å². The van der Waals surface area contributed by atoms with Crippen LogP contribution in [0.3, 0.4) is 0 Å². The van der Waals surface area contributed by atoms with Crippen LogP contribution in [0, 0.1) is 0 Å². The molecule has 0 bridgehead atoms. The fraction of sp³-hybridized carbons (Fsp3) is 0.750. The van der Waals surface area contributed by atoms with Gasteiger partial charge in [0.15, 0.2) is 0 Å². The lowest BCUT2D eigenvalue weighted by molar-refractivity contribution is -0.130. The molecule has 0 aliphatic rings. The molecule has 1 amide bonds. The highest BCUT2D eigenvalue weighted by Gasteiger charge is 2.07. The molecule has 3 N–H and O–H groups in total. The van der Waals surface area contributed by atoms with Crippen molar-refractivity contribution in [1.29, 1.82) is 0 Å². The highest BCUT2D eigenvalue weighted by atomic mass is 16.5. The lowest BCUT2D eigenvalue weighted by Crippen LogP contribution is -2.38. The minimum absolute atomic E-state index is 0.312. The van der Waals surface area contributed by atoms with Gasteiger partial charge in [0.1, 0.15) is 6.10 Å². The minimum Gasteiger partial charge on any atom is -0.372 e. The number of nitrogens with one attached hydrogen (secondary N) is 1. The molecule has 0 aromatic heterocycles. The molecule has 0 aliphatic carbocycles. The van der Waals surface area contributed by atoms with Crippen molar-refractivity contribution in [3.63, 3.8) is 0 Å². The van der Waals surface area contributed by atoms with Crippen molar-refractivity contribution in [3.05, 3.63) is 0 Å². The fourth-order valence-corrected chi connectivity index (χ4v) is 0.224. The summed E-state index contributed by atoms with van der Waals surface area (Å²) in [5, 5.41) is 0. The summed E-state index contributed by atoms with van der Waals surface area (Å²) < 4.78 is 4.61. The standard InChI is InChI=1S/C4H10N2O2/c1-3(8-2)4(7)6-5/h3H,5H2,1-2H3,(H,6,7)/t3-/m0/s1. The molecule has 0 aromatic rings. The van der Waals surface area contributed by atoms with Gasteiger partial charge >= 0.3 is 0 Å². The molecular formula is C4H10N2O2. The van der Waals surface area contributed by atoms with Crippen LogP contribution in [0.25, 0.3) is 0 Å². The Morgan fingerprint density at radius 3 is 2.50 bits per heavy atom. The van der Waals surface area contributed by atoms with Crippen molar-refractivity contribution in [2.24, 2.45) is 5.84 Å². The zero-order chi connectivity index (χ0) is 6.57. The van der Waals surface area contributed by atoms with Crippen LogP contribution >= 0.6 is 0 Å². The number of hydrogen-bond donors (Lipinski definition) is 2. The second-order valence-corrected chi connectivity index (χ2v) is 1.39. The largest absolute Gasteiger partial charge is 0.372 e. The Hall–Kier alpha value is -0.610. The van der Waals surface area contributed by atoms with Gasteiger partial charge in [-0.25, -0.2) is 5.84 Å². The van der Waals surface area contributed by atoms with Gasteiger partial charge in [0.25, 0.3) is 5.91 Å². The van der Waals surface area contributed by atoms with Crippen LogP contribution in [-0.4, -0.2) is 19.1 Å². The summed E-state index contributed by atoms with van der Waals surface area (Å²) in [5.74, 6) is 4.46. The van der Waals surface area contributed by atoms with Gasteiger partial charge in [0, 0.05) is 7.11 Å². The second kappa shape index (κ2) is 3.40. The van der Waals surface area contributed by atoms with Gasteiger partial charge in [-0.15, -0.1) is 0 Å². The molecule has 1 atom stereocenters. The zero-order valence-corrected chi connectivity index (χ0v) is 4.97. The summed E-state index contributed by atoms with van der Waals surface area (Å²) >= 11 is 0. The quantitative estimate of drug-likeness (QED) is 0.278. The van der Waals surface area contributed by atoms with E-state index in [9.17, 15) is 4.79 Å². The van der Waals surface area contributed by atoms with E-state index in [2.05, 4.69) is 4.74 Å². The number of nitrogens with two attached hydrogens (primary N) is 1. The highest BCUT2D eigenvalue weighted by molar-refractivity contribution is 5.79. The first-order chi connectivity index (χ1) is 3.72. The Labute approximate surface area is 48.0 Å². The summed E-state index contributed by atoms with van der Waals surface area (Å²) in [6.45, 7) is 1.61. The van der Waals surface area contributed by atoms with E-state index in [4.69, 9.17) is 5.84 Å². The molecule has 48 valence electrons. The van der Waals surface area contributed by atoms with Crippen molar-refractivity contribution in [2.75, 3.05) is 7.11 Å². The Morgan fingerprint density at radius 2 is 2.38 bits per heavy atom. The molecule has 0 spiro atoms. The van der Waals surface area contributed by atoms with E-state index in [0.29, 0.717) is 0 Å². The monoisotopic (exact) mass is 118 g/mol. The number of hydrogen-bond acceptors (Lipinski definition) is 3. The van der Waals surface area contributed by atoms with Crippen LogP contribution in [0.5, 0.6) is 0 Å². The third kappa shape index (κ3) is 1.90. The zero-order valence-electron chi connectivity index (χ0n) is 4.97. The molecule has 0 saturated carbocycles. The van der Waals surface area contributed by atoms with Gasteiger partial charge in [-0.2, -0.15) is 0 Å². The summed E-state index contributed by atoms with van der Waals surface area (Å²) in [6, 6.07) is 0. The molecule has 8 heavy (non-hydrogen) atoms. The van der Waals surface area contributed by atoms with E-state index >= 15 is 0 Å². The topological polar surface area (TPSA) is 64.3 Å². The molecule has 0 heterocycles. The Bertz CT molecular complexity index is 84.1. The molecule has 0 aliphatic heterocycles. The maximum absolute atomic E-state index is 10.4. The van der Waals surface area contributed by atoms with E-state index in [1.165, 1.54) is 7.11 Å². The lowest BCUT2D eigenvalue weighted by atomic mass is 10.4. The number of hydrazine groups is 1. The number of methoxy groups -OCH3 is 1. The summed E-state index contributed by atoms with van der Waals surface area (Å²) in [4.78, 5) is 10.4. The van der Waals surface area contributed by atoms with Gasteiger partial charge in [-0.1, -0.05) is 0 Å². The normalized spacial score (nSPS) is 12.9. The first-order valence-electron chi connectivity index (χ1n) is 2.25. The lowest BCUT2D eigenvalue weighted by Gasteiger charge is -2.04. The maximum Gasteiger partial charge on any atom is 0.262 e. The van der Waals surface area contributed by atoms with Crippen LogP contribution in [0.15, 0.2) is 0 Å². The van der Waals surface area contributed by atoms with E-state index in [1.54, 1.807) is 6.92 Å². The van der Waals surface area contributed by atoms with Crippen LogP contribution in [0.1, 0.15) is 6.92 Å². The SMILES string of the molecule is CO[C@@H](C)C(=O)NN. The fourth-order valence-electron chi connectivity index (χ4n) is 0.224. The number of rotatable bonds is 2. The first kappa shape index (κ1) is 7.39. The van der Waals surface area contributed by atoms with Crippen LogP contribution in [-0.2, 0) is 9.53 Å². The van der Waals surface area contributed by atoms with Gasteiger partial charge in [0.05, 0.1) is 0 Å². The smallest absolute Gasteiger partial charge is 0.262 e. The van der Waals surface area contributed by atoms with E-state index < -0.39 is 6.10 Å². The molecule has 0 saturated heterocycles.